The van der Waals surface area contributed by atoms with E-state index in [4.69, 9.17) is 0 Å². The molecule has 9 aromatic rings. The van der Waals surface area contributed by atoms with E-state index < -0.39 is 0 Å². The van der Waals surface area contributed by atoms with Gasteiger partial charge in [-0.15, -0.1) is 0 Å². The normalized spacial score (nSPS) is 9.66. The minimum absolute atomic E-state index is 0. The van der Waals surface area contributed by atoms with Gasteiger partial charge >= 0.3 is 114 Å². The summed E-state index contributed by atoms with van der Waals surface area (Å²) < 4.78 is 0. The van der Waals surface area contributed by atoms with Crippen LogP contribution in [0.15, 0.2) is 164 Å². The molecule has 11 heteroatoms. The van der Waals surface area contributed by atoms with Gasteiger partial charge in [0.1, 0.15) is 0 Å². The van der Waals surface area contributed by atoms with E-state index in [9.17, 15) is 0 Å². The van der Waals surface area contributed by atoms with E-state index in [0.717, 1.165) is 51.4 Å². The molecule has 0 fully saturated rings. The van der Waals surface area contributed by atoms with Gasteiger partial charge in [0.25, 0.3) is 0 Å². The Hall–Kier alpha value is 1.18. The molecule has 0 N–H and O–H groups in total. The first kappa shape index (κ1) is 96.4. The van der Waals surface area contributed by atoms with Crippen LogP contribution in [0.1, 0.15) is 147 Å². The number of halogens is 5. The van der Waals surface area contributed by atoms with Gasteiger partial charge in [0.2, 0.25) is 0 Å². The molecule has 0 heterocycles. The van der Waals surface area contributed by atoms with Crippen molar-refractivity contribution in [1.29, 1.82) is 0 Å². The van der Waals surface area contributed by atoms with Gasteiger partial charge in [0.05, 0.1) is 0 Å². The standard InChI is InChI=1S/C27H32.C26H29.2C9H12.C8H9.CH4.5HI.4V.2Y/c1-19-10-20(2)13-24(12-19)6-8-26-16-23(5)17-27(18-26)9-7-25-14-21(3)11-22(4)15-25;1-19-12-20(2)15-25(14-19)10-8-23-6-5-7-24(18-23)9-11-26-16-21(3)13-22(4)17-26;2*1-7-4-8(2)6-9(3)5-7;1-7-4-3-5-8(2)6-7;;;;;;;;;;;;/h10-18H,6-9H2,1-5H3;6-7,12-18H,8-11H2,1-4H3;2*4-6H,1-3H3;4-6H,1-2H3;1H4;5*1H;;;;;;/q;-1;;;-1;;;;;;;;;+2;+3;;/p-5. The first-order valence-electron chi connectivity index (χ1n) is 29.8. The average molecular weight is 2080 g/mol. The van der Waals surface area contributed by atoms with Crippen LogP contribution < -0.4 is 0 Å². The molecule has 0 spiro atoms. The van der Waals surface area contributed by atoms with Crippen molar-refractivity contribution < 1.29 is 117 Å². The number of hydrogen-bond donors (Lipinski definition) is 0. The third-order valence-corrected chi connectivity index (χ3v) is 13.8. The quantitative estimate of drug-likeness (QED) is 0.0845. The van der Waals surface area contributed by atoms with E-state index in [-0.39, 0.29) is 115 Å². The van der Waals surface area contributed by atoms with Crippen LogP contribution in [0.2, 0.25) is 0 Å². The Bertz CT molecular complexity index is 3100. The number of benzene rings is 9. The zero-order valence-corrected chi connectivity index (χ0v) is 78.6. The molecule has 0 aliphatic rings. The molecule has 0 bridgehead atoms. The molecular weight excluding hydrogens is 1980 g/mol. The molecular formula is C80H98I5V4Y2-2. The van der Waals surface area contributed by atoms with Gasteiger partial charge in [-0.25, -0.2) is 0 Å². The van der Waals surface area contributed by atoms with E-state index in [0.29, 0.717) is 9.47 Å². The molecule has 0 amide bonds. The zero-order valence-electron chi connectivity index (χ0n) is 56.6. The maximum absolute atomic E-state index is 3.35. The smallest absolute Gasteiger partial charge is 0 e. The largest absolute Gasteiger partial charge is 0 e. The Kier molecular flexibility index (Phi) is 57.2. The summed E-state index contributed by atoms with van der Waals surface area (Å²) in [6.07, 6.45) is 8.80. The number of aryl methyl sites for hydroxylation is 25. The minimum Gasteiger partial charge on any atom is 0 e. The molecule has 481 valence electrons. The number of rotatable bonds is 12. The van der Waals surface area contributed by atoms with Crippen molar-refractivity contribution in [1.82, 2.24) is 0 Å². The van der Waals surface area contributed by atoms with Crippen LogP contribution in [-0.4, -0.2) is 0 Å². The van der Waals surface area contributed by atoms with Crippen LogP contribution in [0.25, 0.3) is 0 Å². The van der Waals surface area contributed by atoms with Crippen LogP contribution in [-0.2, 0) is 168 Å². The van der Waals surface area contributed by atoms with Crippen molar-refractivity contribution >= 4 is 99.9 Å². The molecule has 0 saturated carbocycles. The van der Waals surface area contributed by atoms with E-state index in [2.05, 4.69) is 381 Å². The van der Waals surface area contributed by atoms with Crippen molar-refractivity contribution in [3.8, 4) is 0 Å². The first-order chi connectivity index (χ1) is 40.6. The average Bonchev–Trinajstić information content (AvgIpc) is 3.61. The van der Waals surface area contributed by atoms with Gasteiger partial charge in [-0.2, -0.15) is 70.8 Å². The maximum atomic E-state index is 3.35. The van der Waals surface area contributed by atoms with Gasteiger partial charge in [-0.05, 0) is 176 Å². The molecule has 0 saturated heterocycles. The maximum Gasteiger partial charge on any atom is 0 e. The number of hydrogen-bond acceptors (Lipinski definition) is 0. The van der Waals surface area contributed by atoms with Crippen LogP contribution in [0, 0.1) is 130 Å². The van der Waals surface area contributed by atoms with Crippen LogP contribution in [0.4, 0.5) is 0 Å². The van der Waals surface area contributed by atoms with E-state index in [1.54, 1.807) is 0 Å². The Morgan fingerprint density at radius 1 is 0.242 bits per heavy atom. The summed E-state index contributed by atoms with van der Waals surface area (Å²) in [5.41, 5.74) is 34.4. The van der Waals surface area contributed by atoms with Crippen molar-refractivity contribution in [2.75, 3.05) is 0 Å². The van der Waals surface area contributed by atoms with E-state index >= 15 is 0 Å². The van der Waals surface area contributed by atoms with Gasteiger partial charge in [0.15, 0.2) is 0 Å². The van der Waals surface area contributed by atoms with Gasteiger partial charge < -0.3 is 0 Å². The van der Waals surface area contributed by atoms with Crippen molar-refractivity contribution in [3.63, 3.8) is 0 Å². The van der Waals surface area contributed by atoms with E-state index in [1.807, 2.05) is 12.1 Å². The van der Waals surface area contributed by atoms with Crippen molar-refractivity contribution in [2.24, 2.45) is 0 Å². The molecule has 0 unspecified atom stereocenters. The van der Waals surface area contributed by atoms with Crippen LogP contribution in [0.3, 0.4) is 0 Å². The Morgan fingerprint density at radius 2 is 0.363 bits per heavy atom. The molecule has 0 aromatic heterocycles. The van der Waals surface area contributed by atoms with Crippen LogP contribution >= 0.6 is 99.9 Å². The summed E-state index contributed by atoms with van der Waals surface area (Å²) in [5, 5.41) is 0. The molecule has 9 aromatic carbocycles. The predicted molar refractivity (Wildman–Crippen MR) is 423 cm³/mol. The summed E-state index contributed by atoms with van der Waals surface area (Å²) in [6.45, 7) is 36.6. The third-order valence-electron chi connectivity index (χ3n) is 13.8. The molecule has 4 radical (unpaired) electrons. The summed E-state index contributed by atoms with van der Waals surface area (Å²) in [7, 11) is 0.628. The molecule has 0 nitrogen and oxygen atoms in total. The van der Waals surface area contributed by atoms with E-state index in [1.165, 1.54) is 139 Å². The van der Waals surface area contributed by atoms with Gasteiger partial charge in [0, 0.05) is 103 Å². The van der Waals surface area contributed by atoms with Crippen LogP contribution in [0.5, 0.6) is 0 Å². The second kappa shape index (κ2) is 54.0. The Labute approximate surface area is 696 Å². The summed E-state index contributed by atoms with van der Waals surface area (Å²) in [6, 6.07) is 66.9. The SMILES string of the molecule is C.Cc1c[c-]cc(C)c1.Cc1cc(C)cc(C)c1.Cc1cc(C)cc(C)c1.Cc1cc(C)cc(CCc2c[c-]cc(CCc3cc(C)cc(C)c3)c2)c1.Cc1cc(C)cc(CCc2cc(C)cc(CCc3cc(C)cc(C)c3)c2)c1.[I][V]([I])[I].[I][V][I].[V].[V].[Y].[Y]. The topological polar surface area (TPSA) is 0 Å². The van der Waals surface area contributed by atoms with Gasteiger partial charge in [-0.1, -0.05) is 245 Å². The predicted octanol–water partition coefficient (Wildman–Crippen LogP) is 25.5. The summed E-state index contributed by atoms with van der Waals surface area (Å²) in [4.78, 5) is -0.278. The fraction of sp³-hybridized carbons (Fsp3) is 0.325. The van der Waals surface area contributed by atoms with Crippen molar-refractivity contribution in [2.45, 2.75) is 176 Å². The third kappa shape index (κ3) is 46.3. The van der Waals surface area contributed by atoms with Crippen molar-refractivity contribution in [3.05, 3.63) is 315 Å². The second-order valence-electron chi connectivity index (χ2n) is 23.7. The minimum atomic E-state index is -0.278. The molecule has 91 heavy (non-hydrogen) atoms. The zero-order chi connectivity index (χ0) is 63.9. The monoisotopic (exact) mass is 2070 g/mol. The summed E-state index contributed by atoms with van der Waals surface area (Å²) in [5.74, 6) is 0. The van der Waals surface area contributed by atoms with Gasteiger partial charge in [-0.3, -0.25) is 0 Å². The Balaban J connectivity index is -0.00000111. The molecule has 9 rings (SSSR count). The second-order valence-corrected chi connectivity index (χ2v) is 70.9. The fourth-order valence-electron chi connectivity index (χ4n) is 11.3. The Morgan fingerprint density at radius 3 is 0.538 bits per heavy atom. The summed E-state index contributed by atoms with van der Waals surface area (Å²) >= 11 is 12.1. The fourth-order valence-corrected chi connectivity index (χ4v) is 11.3. The molecule has 0 atom stereocenters. The molecule has 0 aliphatic heterocycles. The first-order valence-corrected chi connectivity index (χ1v) is 52.3. The molecule has 0 aliphatic carbocycles.